The van der Waals surface area contributed by atoms with E-state index in [1.165, 1.54) is 88.7 Å². The molecule has 0 atom stereocenters. The molecule has 13 aromatic carbocycles. The van der Waals surface area contributed by atoms with Gasteiger partial charge in [-0.3, -0.25) is 0 Å². The Morgan fingerprint density at radius 1 is 0.207 bits per heavy atom. The van der Waals surface area contributed by atoms with Crippen molar-refractivity contribution in [1.82, 2.24) is 0 Å². The number of hydrogen-bond donors (Lipinski definition) is 3. The highest BCUT2D eigenvalue weighted by Gasteiger charge is 2.35. The van der Waals surface area contributed by atoms with Gasteiger partial charge in [0.25, 0.3) is 0 Å². The molecule has 0 spiro atoms. The van der Waals surface area contributed by atoms with Crippen LogP contribution in [-0.4, -0.2) is 0 Å². The molecule has 394 valence electrons. The summed E-state index contributed by atoms with van der Waals surface area (Å²) in [6, 6.07) is 115. The van der Waals surface area contributed by atoms with E-state index in [1.807, 2.05) is 24.3 Å². The number of benzene rings is 13. The molecule has 14 rings (SSSR count). The summed E-state index contributed by atoms with van der Waals surface area (Å²) in [5.74, 6) is 0. The Labute approximate surface area is 482 Å². The van der Waals surface area contributed by atoms with Gasteiger partial charge in [-0.25, -0.2) is 0 Å². The van der Waals surface area contributed by atoms with E-state index in [1.54, 1.807) is 0 Å². The van der Waals surface area contributed by atoms with Crippen molar-refractivity contribution in [3.8, 4) is 66.8 Å². The first kappa shape index (κ1) is 52.2. The van der Waals surface area contributed by atoms with E-state index < -0.39 is 0 Å². The van der Waals surface area contributed by atoms with E-state index in [2.05, 4.69) is 333 Å². The lowest BCUT2D eigenvalue weighted by molar-refractivity contribution is 0.660. The molecule has 1 aliphatic carbocycles. The first-order chi connectivity index (χ1) is 40.4. The standard InChI is InChI=1S/C28H21N.C27H23N.C24H19N/c1-2-7-21(8-3-1)22-13-17-25(18-14-22)29-26-19-15-24(16-20-26)28-12-6-10-23-9-4-5-11-27(23)28;1-27(2)25-11-7-6-10-23(25)24-17-16-22(18-26(24)27)28-21-14-12-20(13-15-21)19-8-4-3-5-9-19;1-3-7-19(8-4-1)21-11-15-23(16-12-21)25-24-17-13-22(14-18-24)20-9-5-2-6-10-20/h1-20,29H;3-18,28H,1-2H3;1-18,25H. The second-order valence-corrected chi connectivity index (χ2v) is 21.2. The molecule has 3 N–H and O–H groups in total. The van der Waals surface area contributed by atoms with Gasteiger partial charge in [-0.15, -0.1) is 0 Å². The Morgan fingerprint density at radius 2 is 0.500 bits per heavy atom. The first-order valence-electron chi connectivity index (χ1n) is 28.1. The van der Waals surface area contributed by atoms with E-state index in [4.69, 9.17) is 0 Å². The molecule has 0 saturated carbocycles. The minimum Gasteiger partial charge on any atom is -0.356 e. The van der Waals surface area contributed by atoms with Crippen molar-refractivity contribution < 1.29 is 0 Å². The molecule has 0 aromatic heterocycles. The van der Waals surface area contributed by atoms with Gasteiger partial charge in [0.2, 0.25) is 0 Å². The number of anilines is 6. The van der Waals surface area contributed by atoms with Crippen molar-refractivity contribution in [3.63, 3.8) is 0 Å². The van der Waals surface area contributed by atoms with Gasteiger partial charge < -0.3 is 16.0 Å². The number of nitrogens with one attached hydrogen (secondary N) is 3. The van der Waals surface area contributed by atoms with E-state index in [0.29, 0.717) is 0 Å². The molecule has 1 aliphatic rings. The van der Waals surface area contributed by atoms with Crippen LogP contribution in [0.15, 0.2) is 328 Å². The minimum absolute atomic E-state index is 0.0286. The van der Waals surface area contributed by atoms with Crippen LogP contribution < -0.4 is 16.0 Å². The molecule has 0 fully saturated rings. The smallest absolute Gasteiger partial charge is 0.0387 e. The van der Waals surface area contributed by atoms with Gasteiger partial charge in [-0.2, -0.15) is 0 Å². The molecule has 0 unspecified atom stereocenters. The molecule has 0 bridgehead atoms. The fraction of sp³-hybridized carbons (Fsp3) is 0.0380. The minimum atomic E-state index is 0.0286. The molecule has 3 heteroatoms. The molecule has 13 aromatic rings. The quantitative estimate of drug-likeness (QED) is 0.121. The number of rotatable bonds is 11. The third-order valence-electron chi connectivity index (χ3n) is 15.4. The second-order valence-electron chi connectivity index (χ2n) is 21.2. The largest absolute Gasteiger partial charge is 0.356 e. The van der Waals surface area contributed by atoms with Crippen molar-refractivity contribution in [2.45, 2.75) is 19.3 Å². The Kier molecular flexibility index (Phi) is 15.5. The van der Waals surface area contributed by atoms with Crippen LogP contribution in [0.4, 0.5) is 34.1 Å². The van der Waals surface area contributed by atoms with Crippen molar-refractivity contribution in [3.05, 3.63) is 339 Å². The molecule has 3 nitrogen and oxygen atoms in total. The van der Waals surface area contributed by atoms with Gasteiger partial charge in [-0.05, 0) is 161 Å². The van der Waals surface area contributed by atoms with Crippen LogP contribution in [0.3, 0.4) is 0 Å². The van der Waals surface area contributed by atoms with Crippen molar-refractivity contribution in [2.24, 2.45) is 0 Å². The van der Waals surface area contributed by atoms with E-state index >= 15 is 0 Å². The Hall–Kier alpha value is -10.5. The van der Waals surface area contributed by atoms with E-state index in [9.17, 15) is 0 Å². The zero-order valence-electron chi connectivity index (χ0n) is 46.2. The molecule has 0 radical (unpaired) electrons. The summed E-state index contributed by atoms with van der Waals surface area (Å²) in [6.45, 7) is 4.63. The lowest BCUT2D eigenvalue weighted by Gasteiger charge is -2.22. The van der Waals surface area contributed by atoms with Gasteiger partial charge in [-0.1, -0.05) is 269 Å². The fourth-order valence-electron chi connectivity index (χ4n) is 11.0. The van der Waals surface area contributed by atoms with Crippen LogP contribution in [0.25, 0.3) is 77.5 Å². The van der Waals surface area contributed by atoms with E-state index in [-0.39, 0.29) is 5.41 Å². The Bertz CT molecular complexity index is 4090. The summed E-state index contributed by atoms with van der Waals surface area (Å²) in [5, 5.41) is 13.1. The zero-order valence-corrected chi connectivity index (χ0v) is 46.2. The highest BCUT2D eigenvalue weighted by molar-refractivity contribution is 5.97. The van der Waals surface area contributed by atoms with Crippen molar-refractivity contribution in [1.29, 1.82) is 0 Å². The van der Waals surface area contributed by atoms with Gasteiger partial charge in [0.15, 0.2) is 0 Å². The van der Waals surface area contributed by atoms with Crippen LogP contribution >= 0.6 is 0 Å². The van der Waals surface area contributed by atoms with Gasteiger partial charge in [0, 0.05) is 39.5 Å². The third-order valence-corrected chi connectivity index (χ3v) is 15.4. The first-order valence-corrected chi connectivity index (χ1v) is 28.1. The molecule has 82 heavy (non-hydrogen) atoms. The van der Waals surface area contributed by atoms with Gasteiger partial charge in [0.05, 0.1) is 0 Å². The van der Waals surface area contributed by atoms with Crippen LogP contribution in [-0.2, 0) is 5.41 Å². The maximum Gasteiger partial charge on any atom is 0.0387 e. The highest BCUT2D eigenvalue weighted by Crippen LogP contribution is 2.49. The predicted molar refractivity (Wildman–Crippen MR) is 351 cm³/mol. The highest BCUT2D eigenvalue weighted by atomic mass is 14.9. The molecule has 0 heterocycles. The predicted octanol–water partition coefficient (Wildman–Crippen LogP) is 22.1. The fourth-order valence-corrected chi connectivity index (χ4v) is 11.0. The average molecular weight is 1050 g/mol. The van der Waals surface area contributed by atoms with E-state index in [0.717, 1.165) is 34.1 Å². The summed E-state index contributed by atoms with van der Waals surface area (Å²) < 4.78 is 0. The molecule has 0 saturated heterocycles. The molecular formula is C79H63N3. The third kappa shape index (κ3) is 12.1. The maximum atomic E-state index is 3.58. The lowest BCUT2D eigenvalue weighted by atomic mass is 9.82. The monoisotopic (exact) mass is 1050 g/mol. The maximum absolute atomic E-state index is 3.58. The van der Waals surface area contributed by atoms with Crippen LogP contribution in [0, 0.1) is 0 Å². The average Bonchev–Trinajstić information content (AvgIpc) is 3.01. The van der Waals surface area contributed by atoms with Crippen molar-refractivity contribution >= 4 is 44.9 Å². The Morgan fingerprint density at radius 3 is 0.927 bits per heavy atom. The van der Waals surface area contributed by atoms with Gasteiger partial charge >= 0.3 is 0 Å². The Balaban J connectivity index is 0.000000122. The molecular weight excluding hydrogens is 991 g/mol. The molecule has 0 amide bonds. The zero-order chi connectivity index (χ0) is 55.5. The van der Waals surface area contributed by atoms with Crippen LogP contribution in [0.5, 0.6) is 0 Å². The number of fused-ring (bicyclic) bond motifs is 4. The topological polar surface area (TPSA) is 36.1 Å². The SMILES string of the molecule is CC1(C)c2ccccc2-c2ccc(Nc3ccc(-c4ccccc4)cc3)cc21.c1ccc(-c2ccc(Nc3ccc(-c4cccc5ccccc45)cc3)cc2)cc1.c1ccc(-c2ccc(Nc3ccc(-c4ccccc4)cc3)cc2)cc1. The summed E-state index contributed by atoms with van der Waals surface area (Å²) in [5.41, 5.74) is 24.5. The molecule has 0 aliphatic heterocycles. The summed E-state index contributed by atoms with van der Waals surface area (Å²) in [6.07, 6.45) is 0. The van der Waals surface area contributed by atoms with Crippen molar-refractivity contribution in [2.75, 3.05) is 16.0 Å². The second kappa shape index (κ2) is 24.3. The van der Waals surface area contributed by atoms with Crippen LogP contribution in [0.2, 0.25) is 0 Å². The lowest BCUT2D eigenvalue weighted by Crippen LogP contribution is -2.15. The number of hydrogen-bond acceptors (Lipinski definition) is 3. The van der Waals surface area contributed by atoms with Gasteiger partial charge in [0.1, 0.15) is 0 Å². The normalized spacial score (nSPS) is 11.6. The summed E-state index contributed by atoms with van der Waals surface area (Å²) >= 11 is 0. The summed E-state index contributed by atoms with van der Waals surface area (Å²) in [7, 11) is 0. The van der Waals surface area contributed by atoms with Crippen LogP contribution in [0.1, 0.15) is 25.0 Å². The summed E-state index contributed by atoms with van der Waals surface area (Å²) in [4.78, 5) is 0.